The van der Waals surface area contributed by atoms with Crippen LogP contribution in [0.5, 0.6) is 0 Å². The van der Waals surface area contributed by atoms with Gasteiger partial charge < -0.3 is 14.2 Å². The molecular weight excluding hydrogens is 861 g/mol. The Balaban J connectivity index is 4.28. The molecule has 0 radical (unpaired) electrons. The summed E-state index contributed by atoms with van der Waals surface area (Å²) in [5, 5.41) is 0. The summed E-state index contributed by atoms with van der Waals surface area (Å²) < 4.78 is 17.5. The van der Waals surface area contributed by atoms with Gasteiger partial charge in [0, 0.05) is 19.4 Å². The van der Waals surface area contributed by atoms with E-state index in [9.17, 15) is 9.59 Å². The van der Waals surface area contributed by atoms with E-state index >= 15 is 0 Å². The van der Waals surface area contributed by atoms with Gasteiger partial charge in [-0.2, -0.15) is 0 Å². The van der Waals surface area contributed by atoms with Crippen molar-refractivity contribution in [2.24, 2.45) is 0 Å². The molecule has 0 fully saturated rings. The molecule has 0 aromatic carbocycles. The van der Waals surface area contributed by atoms with Gasteiger partial charge >= 0.3 is 11.9 Å². The first kappa shape index (κ1) is 67.3. The van der Waals surface area contributed by atoms with E-state index in [0.29, 0.717) is 19.4 Å². The molecule has 5 nitrogen and oxygen atoms in total. The van der Waals surface area contributed by atoms with E-state index in [0.717, 1.165) is 83.5 Å². The average molecular weight is 978 g/mol. The van der Waals surface area contributed by atoms with Crippen molar-refractivity contribution >= 4 is 11.9 Å². The third kappa shape index (κ3) is 57.9. The van der Waals surface area contributed by atoms with Crippen LogP contribution in [0, 0.1) is 0 Å². The van der Waals surface area contributed by atoms with E-state index in [-0.39, 0.29) is 25.2 Å². The molecule has 0 heterocycles. The Bertz CT molecular complexity index is 1240. The molecule has 0 amide bonds. The largest absolute Gasteiger partial charge is 0.462 e. The number of carbonyl (C=O) groups excluding carboxylic acids is 2. The van der Waals surface area contributed by atoms with Gasteiger partial charge in [-0.25, -0.2) is 0 Å². The number of hydrogen-bond acceptors (Lipinski definition) is 5. The molecule has 5 heteroatoms. The number of unbranched alkanes of at least 4 members (excludes halogenated alkanes) is 33. The highest BCUT2D eigenvalue weighted by Gasteiger charge is 2.17. The summed E-state index contributed by atoms with van der Waals surface area (Å²) in [7, 11) is 0. The van der Waals surface area contributed by atoms with Crippen LogP contribution in [0.4, 0.5) is 0 Å². The van der Waals surface area contributed by atoms with E-state index in [1.165, 1.54) is 186 Å². The van der Waals surface area contributed by atoms with Crippen LogP contribution in [-0.4, -0.2) is 37.9 Å². The Morgan fingerprint density at radius 1 is 0.329 bits per heavy atom. The van der Waals surface area contributed by atoms with Gasteiger partial charge in [0.05, 0.1) is 6.61 Å². The summed E-state index contributed by atoms with van der Waals surface area (Å²) in [6.45, 7) is 7.72. The lowest BCUT2D eigenvalue weighted by Gasteiger charge is -2.18. The van der Waals surface area contributed by atoms with E-state index < -0.39 is 6.10 Å². The number of carbonyl (C=O) groups is 2. The first-order valence-corrected chi connectivity index (χ1v) is 30.5. The van der Waals surface area contributed by atoms with Gasteiger partial charge in [0.25, 0.3) is 0 Å². The SMILES string of the molecule is CC/C=C\C/C=C\C/C=C\C/C=C\CCCCCCCCC(=O)OCC(COCCCCCCCCCCCC/C=C\C/C=C\CCCCC)OC(=O)CCCCCCCCCCCCCCCCC. The molecule has 0 aliphatic heterocycles. The summed E-state index contributed by atoms with van der Waals surface area (Å²) in [5.41, 5.74) is 0. The van der Waals surface area contributed by atoms with Crippen LogP contribution in [0.25, 0.3) is 0 Å². The molecule has 0 N–H and O–H groups in total. The molecule has 1 atom stereocenters. The second kappa shape index (κ2) is 60.6. The molecule has 0 saturated carbocycles. The standard InChI is InChI=1S/C65H116O5/c1-4-7-10-13-16-19-22-25-28-30-32-34-36-39-42-45-48-51-54-57-60-68-61-63(70-65(67)59-56-53-50-47-44-41-37-27-24-21-18-15-12-9-6-3)62-69-64(66)58-55-52-49-46-43-40-38-35-33-31-29-26-23-20-17-14-11-8-5-2/h8,11,16-17,19-20,25-26,28-29,33,35,63H,4-7,9-10,12-15,18,21-24,27,30-32,34,36-62H2,1-3H3/b11-8-,19-16-,20-17-,28-25-,29-26-,35-33-. The molecule has 0 saturated heterocycles. The summed E-state index contributed by atoms with van der Waals surface area (Å²) in [6.07, 6.45) is 79.3. The second-order valence-electron chi connectivity index (χ2n) is 20.2. The minimum absolute atomic E-state index is 0.0777. The quantitative estimate of drug-likeness (QED) is 0.0345. The van der Waals surface area contributed by atoms with Crippen molar-refractivity contribution in [3.8, 4) is 0 Å². The highest BCUT2D eigenvalue weighted by atomic mass is 16.6. The van der Waals surface area contributed by atoms with Crippen molar-refractivity contribution < 1.29 is 23.8 Å². The minimum Gasteiger partial charge on any atom is -0.462 e. The van der Waals surface area contributed by atoms with Crippen LogP contribution in [0.3, 0.4) is 0 Å². The van der Waals surface area contributed by atoms with Crippen molar-refractivity contribution in [1.29, 1.82) is 0 Å². The summed E-state index contributed by atoms with van der Waals surface area (Å²) >= 11 is 0. The first-order valence-electron chi connectivity index (χ1n) is 30.5. The lowest BCUT2D eigenvalue weighted by Crippen LogP contribution is -2.30. The number of esters is 2. The summed E-state index contributed by atoms with van der Waals surface area (Å²) in [5.74, 6) is -0.401. The van der Waals surface area contributed by atoms with E-state index in [4.69, 9.17) is 14.2 Å². The van der Waals surface area contributed by atoms with Gasteiger partial charge in [-0.15, -0.1) is 0 Å². The van der Waals surface area contributed by atoms with Crippen molar-refractivity contribution in [3.05, 3.63) is 72.9 Å². The van der Waals surface area contributed by atoms with E-state index in [2.05, 4.69) is 93.7 Å². The third-order valence-electron chi connectivity index (χ3n) is 13.2. The average Bonchev–Trinajstić information content (AvgIpc) is 3.36. The molecule has 0 spiro atoms. The van der Waals surface area contributed by atoms with E-state index in [1.54, 1.807) is 0 Å². The van der Waals surface area contributed by atoms with Crippen LogP contribution < -0.4 is 0 Å². The normalized spacial score (nSPS) is 12.7. The van der Waals surface area contributed by atoms with Gasteiger partial charge in [-0.3, -0.25) is 9.59 Å². The Morgan fingerprint density at radius 3 is 1.06 bits per heavy atom. The monoisotopic (exact) mass is 977 g/mol. The van der Waals surface area contributed by atoms with Gasteiger partial charge in [-0.05, 0) is 89.9 Å². The zero-order valence-electron chi connectivity index (χ0n) is 46.8. The first-order chi connectivity index (χ1) is 34.6. The number of hydrogen-bond donors (Lipinski definition) is 0. The van der Waals surface area contributed by atoms with Crippen LogP contribution >= 0.6 is 0 Å². The second-order valence-corrected chi connectivity index (χ2v) is 20.2. The fraction of sp³-hybridized carbons (Fsp3) is 0.785. The highest BCUT2D eigenvalue weighted by molar-refractivity contribution is 5.70. The van der Waals surface area contributed by atoms with Gasteiger partial charge in [0.1, 0.15) is 6.61 Å². The molecule has 1 unspecified atom stereocenters. The molecule has 70 heavy (non-hydrogen) atoms. The van der Waals surface area contributed by atoms with Gasteiger partial charge in [0.15, 0.2) is 6.10 Å². The highest BCUT2D eigenvalue weighted by Crippen LogP contribution is 2.16. The Morgan fingerprint density at radius 2 is 0.643 bits per heavy atom. The summed E-state index contributed by atoms with van der Waals surface area (Å²) in [4.78, 5) is 25.6. The zero-order chi connectivity index (χ0) is 50.6. The fourth-order valence-corrected chi connectivity index (χ4v) is 8.71. The van der Waals surface area contributed by atoms with Crippen molar-refractivity contribution in [3.63, 3.8) is 0 Å². The fourth-order valence-electron chi connectivity index (χ4n) is 8.71. The molecule has 406 valence electrons. The third-order valence-corrected chi connectivity index (χ3v) is 13.2. The van der Waals surface area contributed by atoms with Crippen LogP contribution in [0.1, 0.15) is 303 Å². The Labute approximate surface area is 436 Å². The zero-order valence-corrected chi connectivity index (χ0v) is 46.8. The molecule has 0 aliphatic carbocycles. The predicted molar refractivity (Wildman–Crippen MR) is 307 cm³/mol. The Kier molecular flexibility index (Phi) is 58.3. The molecule has 0 aromatic heterocycles. The molecule has 0 bridgehead atoms. The molecular formula is C65H116O5. The van der Waals surface area contributed by atoms with E-state index in [1.807, 2.05) is 0 Å². The van der Waals surface area contributed by atoms with Crippen molar-refractivity contribution in [1.82, 2.24) is 0 Å². The predicted octanol–water partition coefficient (Wildman–Crippen LogP) is 21.0. The number of ether oxygens (including phenoxy) is 3. The molecule has 0 rings (SSSR count). The Hall–Kier alpha value is -2.66. The minimum atomic E-state index is -0.545. The maximum absolute atomic E-state index is 12.9. The molecule has 0 aromatic rings. The topological polar surface area (TPSA) is 61.8 Å². The maximum Gasteiger partial charge on any atom is 0.306 e. The van der Waals surface area contributed by atoms with Gasteiger partial charge in [-0.1, -0.05) is 273 Å². The van der Waals surface area contributed by atoms with Gasteiger partial charge in [0.2, 0.25) is 0 Å². The lowest BCUT2D eigenvalue weighted by molar-refractivity contribution is -0.163. The lowest BCUT2D eigenvalue weighted by atomic mass is 10.0. The smallest absolute Gasteiger partial charge is 0.306 e. The van der Waals surface area contributed by atoms with Crippen LogP contribution in [0.2, 0.25) is 0 Å². The van der Waals surface area contributed by atoms with Crippen LogP contribution in [0.15, 0.2) is 72.9 Å². The number of allylic oxidation sites excluding steroid dienone is 12. The van der Waals surface area contributed by atoms with Crippen molar-refractivity contribution in [2.75, 3.05) is 19.8 Å². The van der Waals surface area contributed by atoms with Crippen LogP contribution in [-0.2, 0) is 23.8 Å². The van der Waals surface area contributed by atoms with Crippen molar-refractivity contribution in [2.45, 2.75) is 309 Å². The molecule has 0 aliphatic rings. The summed E-state index contributed by atoms with van der Waals surface area (Å²) in [6, 6.07) is 0. The number of rotatable bonds is 56. The maximum atomic E-state index is 12.9.